The van der Waals surface area contributed by atoms with Gasteiger partial charge in [0, 0.05) is 25.6 Å². The van der Waals surface area contributed by atoms with Crippen LogP contribution in [0.2, 0.25) is 0 Å². The standard InChI is InChI=1S/C11H17NO2/c1-2-14-8-4-6-11(13)10-5-3-7-12-9-10/h3,5,7,9,11,13H,2,4,6,8H2,1H3. The Bertz CT molecular complexity index is 238. The molecule has 0 aliphatic heterocycles. The molecule has 0 spiro atoms. The number of hydrogen-bond donors (Lipinski definition) is 1. The van der Waals surface area contributed by atoms with Gasteiger partial charge in [-0.15, -0.1) is 0 Å². The minimum atomic E-state index is -0.413. The normalized spacial score (nSPS) is 12.7. The molecule has 0 aliphatic rings. The molecular weight excluding hydrogens is 178 g/mol. The lowest BCUT2D eigenvalue weighted by atomic mass is 10.1. The molecule has 3 heteroatoms. The summed E-state index contributed by atoms with van der Waals surface area (Å²) in [6.45, 7) is 3.42. The summed E-state index contributed by atoms with van der Waals surface area (Å²) in [4.78, 5) is 3.96. The van der Waals surface area contributed by atoms with Crippen LogP contribution in [0, 0.1) is 0 Å². The molecule has 1 unspecified atom stereocenters. The fourth-order valence-corrected chi connectivity index (χ4v) is 1.26. The Hall–Kier alpha value is -0.930. The molecule has 0 aliphatic carbocycles. The lowest BCUT2D eigenvalue weighted by Crippen LogP contribution is -2.01. The van der Waals surface area contributed by atoms with Gasteiger partial charge in [-0.2, -0.15) is 0 Å². The van der Waals surface area contributed by atoms with Crippen molar-refractivity contribution >= 4 is 0 Å². The number of rotatable bonds is 6. The number of aliphatic hydroxyl groups excluding tert-OH is 1. The first-order valence-corrected chi connectivity index (χ1v) is 5.00. The molecule has 1 rings (SSSR count). The van der Waals surface area contributed by atoms with Crippen molar-refractivity contribution in [2.75, 3.05) is 13.2 Å². The van der Waals surface area contributed by atoms with Crippen LogP contribution in [-0.4, -0.2) is 23.3 Å². The van der Waals surface area contributed by atoms with Crippen molar-refractivity contribution < 1.29 is 9.84 Å². The first-order valence-electron chi connectivity index (χ1n) is 5.00. The molecule has 78 valence electrons. The van der Waals surface area contributed by atoms with E-state index < -0.39 is 6.10 Å². The summed E-state index contributed by atoms with van der Waals surface area (Å²) in [5.41, 5.74) is 0.879. The summed E-state index contributed by atoms with van der Waals surface area (Å²) >= 11 is 0. The second-order valence-corrected chi connectivity index (χ2v) is 3.14. The summed E-state index contributed by atoms with van der Waals surface area (Å²) < 4.78 is 5.19. The van der Waals surface area contributed by atoms with Crippen molar-refractivity contribution in [2.24, 2.45) is 0 Å². The van der Waals surface area contributed by atoms with Gasteiger partial charge < -0.3 is 9.84 Å². The number of nitrogens with zero attached hydrogens (tertiary/aromatic N) is 1. The van der Waals surface area contributed by atoms with E-state index in [4.69, 9.17) is 4.74 Å². The Morgan fingerprint density at radius 1 is 1.57 bits per heavy atom. The van der Waals surface area contributed by atoms with E-state index in [9.17, 15) is 5.11 Å². The van der Waals surface area contributed by atoms with Crippen LogP contribution in [0.1, 0.15) is 31.4 Å². The van der Waals surface area contributed by atoms with Gasteiger partial charge in [-0.3, -0.25) is 4.98 Å². The van der Waals surface area contributed by atoms with Gasteiger partial charge in [0.2, 0.25) is 0 Å². The van der Waals surface area contributed by atoms with E-state index in [0.717, 1.165) is 25.0 Å². The molecule has 1 aromatic rings. The number of ether oxygens (including phenoxy) is 1. The zero-order valence-electron chi connectivity index (χ0n) is 8.52. The molecule has 3 nitrogen and oxygen atoms in total. The predicted molar refractivity (Wildman–Crippen MR) is 54.9 cm³/mol. The highest BCUT2D eigenvalue weighted by Crippen LogP contribution is 2.16. The zero-order valence-corrected chi connectivity index (χ0v) is 8.52. The summed E-state index contributed by atoms with van der Waals surface area (Å²) in [7, 11) is 0. The summed E-state index contributed by atoms with van der Waals surface area (Å²) in [6, 6.07) is 3.72. The highest BCUT2D eigenvalue weighted by molar-refractivity contribution is 5.11. The maximum Gasteiger partial charge on any atom is 0.0805 e. The predicted octanol–water partition coefficient (Wildman–Crippen LogP) is 1.93. The van der Waals surface area contributed by atoms with Crippen LogP contribution in [0.15, 0.2) is 24.5 Å². The molecule has 0 aromatic carbocycles. The molecule has 1 heterocycles. The molecule has 0 bridgehead atoms. The van der Waals surface area contributed by atoms with Gasteiger partial charge in [-0.1, -0.05) is 6.07 Å². The molecule has 1 atom stereocenters. The number of hydrogen-bond acceptors (Lipinski definition) is 3. The van der Waals surface area contributed by atoms with E-state index in [2.05, 4.69) is 4.98 Å². The lowest BCUT2D eigenvalue weighted by Gasteiger charge is -2.09. The fraction of sp³-hybridized carbons (Fsp3) is 0.545. The summed E-state index contributed by atoms with van der Waals surface area (Å²) in [6.07, 6.45) is 4.60. The molecule has 0 amide bonds. The Kier molecular flexibility index (Phi) is 5.19. The minimum absolute atomic E-state index is 0.413. The van der Waals surface area contributed by atoms with Crippen molar-refractivity contribution in [3.05, 3.63) is 30.1 Å². The van der Waals surface area contributed by atoms with Gasteiger partial charge in [0.05, 0.1) is 6.10 Å². The second kappa shape index (κ2) is 6.51. The van der Waals surface area contributed by atoms with E-state index in [0.29, 0.717) is 6.61 Å². The van der Waals surface area contributed by atoms with E-state index in [1.807, 2.05) is 19.1 Å². The fourth-order valence-electron chi connectivity index (χ4n) is 1.26. The summed E-state index contributed by atoms with van der Waals surface area (Å²) in [5.74, 6) is 0. The molecule has 1 N–H and O–H groups in total. The van der Waals surface area contributed by atoms with Crippen LogP contribution in [0.25, 0.3) is 0 Å². The first kappa shape index (κ1) is 11.1. The van der Waals surface area contributed by atoms with Gasteiger partial charge in [0.1, 0.15) is 0 Å². The maximum atomic E-state index is 9.72. The molecule has 14 heavy (non-hydrogen) atoms. The lowest BCUT2D eigenvalue weighted by molar-refractivity contribution is 0.114. The zero-order chi connectivity index (χ0) is 10.2. The van der Waals surface area contributed by atoms with Crippen LogP contribution in [0.5, 0.6) is 0 Å². The summed E-state index contributed by atoms with van der Waals surface area (Å²) in [5, 5.41) is 9.72. The van der Waals surface area contributed by atoms with E-state index >= 15 is 0 Å². The molecule has 1 aromatic heterocycles. The van der Waals surface area contributed by atoms with E-state index in [1.54, 1.807) is 12.4 Å². The van der Waals surface area contributed by atoms with Crippen LogP contribution in [-0.2, 0) is 4.74 Å². The van der Waals surface area contributed by atoms with Crippen LogP contribution >= 0.6 is 0 Å². The Labute approximate surface area is 84.7 Å². The molecule has 0 fully saturated rings. The molecule has 0 radical (unpaired) electrons. The third kappa shape index (κ3) is 3.85. The first-order chi connectivity index (χ1) is 6.84. The Morgan fingerprint density at radius 3 is 3.07 bits per heavy atom. The SMILES string of the molecule is CCOCCCC(O)c1cccnc1. The minimum Gasteiger partial charge on any atom is -0.388 e. The average molecular weight is 195 g/mol. The Morgan fingerprint density at radius 2 is 2.43 bits per heavy atom. The van der Waals surface area contributed by atoms with E-state index in [1.165, 1.54) is 0 Å². The highest BCUT2D eigenvalue weighted by atomic mass is 16.5. The van der Waals surface area contributed by atoms with Gasteiger partial charge in [-0.25, -0.2) is 0 Å². The molecule has 0 saturated carbocycles. The Balaban J connectivity index is 2.25. The second-order valence-electron chi connectivity index (χ2n) is 3.14. The topological polar surface area (TPSA) is 42.4 Å². The molecular formula is C11H17NO2. The number of pyridine rings is 1. The van der Waals surface area contributed by atoms with E-state index in [-0.39, 0.29) is 0 Å². The van der Waals surface area contributed by atoms with Crippen molar-refractivity contribution in [3.63, 3.8) is 0 Å². The van der Waals surface area contributed by atoms with Crippen molar-refractivity contribution in [2.45, 2.75) is 25.9 Å². The average Bonchev–Trinajstić information content (AvgIpc) is 2.25. The number of aromatic nitrogens is 1. The van der Waals surface area contributed by atoms with Crippen molar-refractivity contribution in [1.29, 1.82) is 0 Å². The molecule has 0 saturated heterocycles. The van der Waals surface area contributed by atoms with Crippen molar-refractivity contribution in [3.8, 4) is 0 Å². The van der Waals surface area contributed by atoms with Gasteiger partial charge in [-0.05, 0) is 31.4 Å². The monoisotopic (exact) mass is 195 g/mol. The van der Waals surface area contributed by atoms with Crippen LogP contribution in [0.3, 0.4) is 0 Å². The quantitative estimate of drug-likeness (QED) is 0.705. The third-order valence-corrected chi connectivity index (χ3v) is 2.04. The third-order valence-electron chi connectivity index (χ3n) is 2.04. The van der Waals surface area contributed by atoms with Crippen LogP contribution in [0.4, 0.5) is 0 Å². The highest BCUT2D eigenvalue weighted by Gasteiger charge is 2.06. The smallest absolute Gasteiger partial charge is 0.0805 e. The van der Waals surface area contributed by atoms with Crippen LogP contribution < -0.4 is 0 Å². The van der Waals surface area contributed by atoms with Gasteiger partial charge >= 0.3 is 0 Å². The van der Waals surface area contributed by atoms with Gasteiger partial charge in [0.25, 0.3) is 0 Å². The largest absolute Gasteiger partial charge is 0.388 e. The van der Waals surface area contributed by atoms with Gasteiger partial charge in [0.15, 0.2) is 0 Å². The number of aliphatic hydroxyl groups is 1. The maximum absolute atomic E-state index is 9.72. The van der Waals surface area contributed by atoms with Crippen molar-refractivity contribution in [1.82, 2.24) is 4.98 Å².